The number of hydrogen-bond donors (Lipinski definition) is 1. The Labute approximate surface area is 190 Å². The molecule has 0 aliphatic carbocycles. The van der Waals surface area contributed by atoms with Crippen molar-refractivity contribution in [2.45, 2.75) is 20.8 Å². The summed E-state index contributed by atoms with van der Waals surface area (Å²) < 4.78 is 1.60. The molecule has 0 saturated carbocycles. The quantitative estimate of drug-likeness (QED) is 0.390. The Bertz CT molecular complexity index is 1280. The molecule has 1 N–H and O–H groups in total. The van der Waals surface area contributed by atoms with E-state index in [2.05, 4.69) is 15.4 Å². The standard InChI is InChI=1S/C24H20Cl2N4O/c1-14-7-9-17(10-8-14)23-28-22(24(31)27-21-6-4-5-15(2)16(21)3)29-30(23)18-11-12-19(25)20(26)13-18/h4-13H,1-3H3,(H,27,31). The van der Waals surface area contributed by atoms with Gasteiger partial charge in [0.1, 0.15) is 0 Å². The monoisotopic (exact) mass is 450 g/mol. The predicted octanol–water partition coefficient (Wildman–Crippen LogP) is 6.42. The number of benzene rings is 3. The third-order valence-corrected chi connectivity index (χ3v) is 5.86. The molecule has 4 aromatic rings. The van der Waals surface area contributed by atoms with Crippen LogP contribution in [-0.2, 0) is 0 Å². The van der Waals surface area contributed by atoms with Crippen LogP contribution in [-0.4, -0.2) is 20.7 Å². The van der Waals surface area contributed by atoms with Crippen molar-refractivity contribution in [1.82, 2.24) is 14.8 Å². The molecule has 0 atom stereocenters. The highest BCUT2D eigenvalue weighted by atomic mass is 35.5. The van der Waals surface area contributed by atoms with E-state index < -0.39 is 0 Å². The van der Waals surface area contributed by atoms with E-state index in [1.54, 1.807) is 22.9 Å². The number of nitrogens with zero attached hydrogens (tertiary/aromatic N) is 3. The summed E-state index contributed by atoms with van der Waals surface area (Å²) in [6, 6.07) is 18.8. The molecule has 156 valence electrons. The van der Waals surface area contributed by atoms with E-state index in [4.69, 9.17) is 23.2 Å². The van der Waals surface area contributed by atoms with E-state index in [-0.39, 0.29) is 11.7 Å². The van der Waals surface area contributed by atoms with Gasteiger partial charge < -0.3 is 5.32 Å². The van der Waals surface area contributed by atoms with Gasteiger partial charge in [-0.2, -0.15) is 0 Å². The first-order valence-electron chi connectivity index (χ1n) is 9.70. The maximum absolute atomic E-state index is 13.0. The summed E-state index contributed by atoms with van der Waals surface area (Å²) in [5.41, 5.74) is 5.43. The molecule has 31 heavy (non-hydrogen) atoms. The van der Waals surface area contributed by atoms with Crippen LogP contribution in [0.15, 0.2) is 60.7 Å². The first kappa shape index (κ1) is 21.1. The molecular formula is C24H20Cl2N4O. The van der Waals surface area contributed by atoms with Crippen molar-refractivity contribution in [2.24, 2.45) is 0 Å². The number of amides is 1. The number of carbonyl (C=O) groups excluding carboxylic acids is 1. The number of aryl methyl sites for hydroxylation is 2. The van der Waals surface area contributed by atoms with E-state index in [1.807, 2.05) is 63.2 Å². The summed E-state index contributed by atoms with van der Waals surface area (Å²) in [5, 5.41) is 8.24. The van der Waals surface area contributed by atoms with Crippen molar-refractivity contribution in [3.05, 3.63) is 93.2 Å². The van der Waals surface area contributed by atoms with Crippen molar-refractivity contribution in [3.63, 3.8) is 0 Å². The Hall–Kier alpha value is -3.15. The van der Waals surface area contributed by atoms with Crippen LogP contribution in [0.5, 0.6) is 0 Å². The Morgan fingerprint density at radius 1 is 0.935 bits per heavy atom. The highest BCUT2D eigenvalue weighted by molar-refractivity contribution is 6.42. The van der Waals surface area contributed by atoms with E-state index in [1.165, 1.54) is 0 Å². The number of halogens is 2. The first-order valence-corrected chi connectivity index (χ1v) is 10.5. The summed E-state index contributed by atoms with van der Waals surface area (Å²) in [7, 11) is 0. The van der Waals surface area contributed by atoms with Gasteiger partial charge >= 0.3 is 0 Å². The zero-order valence-corrected chi connectivity index (χ0v) is 18.8. The SMILES string of the molecule is Cc1ccc(-c2nc(C(=O)Nc3cccc(C)c3C)nn2-c2ccc(Cl)c(Cl)c2)cc1. The average molecular weight is 451 g/mol. The molecule has 0 aliphatic rings. The number of anilines is 1. The first-order chi connectivity index (χ1) is 14.8. The maximum atomic E-state index is 13.0. The van der Waals surface area contributed by atoms with Gasteiger partial charge in [-0.05, 0) is 56.2 Å². The molecule has 4 rings (SSSR count). The van der Waals surface area contributed by atoms with Crippen LogP contribution in [0.25, 0.3) is 17.1 Å². The molecule has 0 aliphatic heterocycles. The molecule has 0 fully saturated rings. The molecule has 3 aromatic carbocycles. The van der Waals surface area contributed by atoms with Gasteiger partial charge in [-0.1, -0.05) is 65.2 Å². The Balaban J connectivity index is 1.78. The van der Waals surface area contributed by atoms with Crippen molar-refractivity contribution in [1.29, 1.82) is 0 Å². The summed E-state index contributed by atoms with van der Waals surface area (Å²) in [5.74, 6) is 0.202. The fourth-order valence-electron chi connectivity index (χ4n) is 3.16. The molecule has 1 amide bonds. The van der Waals surface area contributed by atoms with Gasteiger partial charge in [-0.25, -0.2) is 9.67 Å². The van der Waals surface area contributed by atoms with Gasteiger partial charge in [0.15, 0.2) is 5.82 Å². The molecule has 0 unspecified atom stereocenters. The summed E-state index contributed by atoms with van der Waals surface area (Å²) >= 11 is 12.3. The average Bonchev–Trinajstić information content (AvgIpc) is 3.19. The lowest BCUT2D eigenvalue weighted by Crippen LogP contribution is -2.15. The van der Waals surface area contributed by atoms with Crippen LogP contribution in [0.4, 0.5) is 5.69 Å². The predicted molar refractivity (Wildman–Crippen MR) is 125 cm³/mol. The molecule has 1 heterocycles. The van der Waals surface area contributed by atoms with Gasteiger partial charge in [0.2, 0.25) is 5.82 Å². The second kappa shape index (κ2) is 8.53. The van der Waals surface area contributed by atoms with Crippen LogP contribution >= 0.6 is 23.2 Å². The van der Waals surface area contributed by atoms with Crippen LogP contribution in [0.2, 0.25) is 10.0 Å². The number of hydrogen-bond acceptors (Lipinski definition) is 3. The lowest BCUT2D eigenvalue weighted by atomic mass is 10.1. The zero-order valence-electron chi connectivity index (χ0n) is 17.3. The van der Waals surface area contributed by atoms with Crippen molar-refractivity contribution < 1.29 is 4.79 Å². The minimum Gasteiger partial charge on any atom is -0.319 e. The Morgan fingerprint density at radius 2 is 1.68 bits per heavy atom. The van der Waals surface area contributed by atoms with E-state index in [0.717, 1.165) is 27.9 Å². The normalized spacial score (nSPS) is 10.9. The van der Waals surface area contributed by atoms with Crippen LogP contribution in [0, 0.1) is 20.8 Å². The third kappa shape index (κ3) is 4.33. The van der Waals surface area contributed by atoms with Gasteiger partial charge in [-0.15, -0.1) is 5.10 Å². The molecular weight excluding hydrogens is 431 g/mol. The lowest BCUT2D eigenvalue weighted by Gasteiger charge is -2.08. The Morgan fingerprint density at radius 3 is 2.39 bits per heavy atom. The largest absolute Gasteiger partial charge is 0.319 e. The van der Waals surface area contributed by atoms with Gasteiger partial charge in [0.25, 0.3) is 5.91 Å². The van der Waals surface area contributed by atoms with Gasteiger partial charge in [0.05, 0.1) is 15.7 Å². The van der Waals surface area contributed by atoms with Crippen LogP contribution < -0.4 is 5.32 Å². The zero-order chi connectivity index (χ0) is 22.1. The minimum atomic E-state index is -0.388. The smallest absolute Gasteiger partial charge is 0.295 e. The molecule has 5 nitrogen and oxygen atoms in total. The molecule has 1 aromatic heterocycles. The van der Waals surface area contributed by atoms with E-state index in [0.29, 0.717) is 21.6 Å². The van der Waals surface area contributed by atoms with Gasteiger partial charge in [-0.3, -0.25) is 4.79 Å². The molecule has 0 bridgehead atoms. The minimum absolute atomic E-state index is 0.0579. The second-order valence-electron chi connectivity index (χ2n) is 7.34. The number of carbonyl (C=O) groups is 1. The molecule has 0 spiro atoms. The molecule has 0 saturated heterocycles. The lowest BCUT2D eigenvalue weighted by molar-refractivity contribution is 0.101. The second-order valence-corrected chi connectivity index (χ2v) is 8.15. The van der Waals surface area contributed by atoms with Crippen LogP contribution in [0.3, 0.4) is 0 Å². The molecule has 7 heteroatoms. The highest BCUT2D eigenvalue weighted by Crippen LogP contribution is 2.28. The van der Waals surface area contributed by atoms with Crippen molar-refractivity contribution in [3.8, 4) is 17.1 Å². The van der Waals surface area contributed by atoms with Crippen LogP contribution in [0.1, 0.15) is 27.3 Å². The summed E-state index contributed by atoms with van der Waals surface area (Å²) in [6.45, 7) is 5.97. The fourth-order valence-corrected chi connectivity index (χ4v) is 3.45. The van der Waals surface area contributed by atoms with Crippen molar-refractivity contribution in [2.75, 3.05) is 5.32 Å². The number of rotatable bonds is 4. The third-order valence-electron chi connectivity index (χ3n) is 5.12. The summed E-state index contributed by atoms with van der Waals surface area (Å²) in [6.07, 6.45) is 0. The maximum Gasteiger partial charge on any atom is 0.295 e. The highest BCUT2D eigenvalue weighted by Gasteiger charge is 2.20. The topological polar surface area (TPSA) is 59.8 Å². The summed E-state index contributed by atoms with van der Waals surface area (Å²) in [4.78, 5) is 17.5. The van der Waals surface area contributed by atoms with Gasteiger partial charge in [0, 0.05) is 11.3 Å². The van der Waals surface area contributed by atoms with Crippen molar-refractivity contribution >= 4 is 34.8 Å². The number of nitrogens with one attached hydrogen (secondary N) is 1. The Kier molecular flexibility index (Phi) is 5.81. The van der Waals surface area contributed by atoms with E-state index in [9.17, 15) is 4.79 Å². The molecule has 0 radical (unpaired) electrons. The van der Waals surface area contributed by atoms with E-state index >= 15 is 0 Å². The number of aromatic nitrogens is 3. The fraction of sp³-hybridized carbons (Fsp3) is 0.125.